The van der Waals surface area contributed by atoms with E-state index in [4.69, 9.17) is 4.98 Å². The predicted octanol–water partition coefficient (Wildman–Crippen LogP) is 3.75. The summed E-state index contributed by atoms with van der Waals surface area (Å²) < 4.78 is 5.98. The molecule has 1 aliphatic carbocycles. The molecule has 0 aromatic carbocycles. The molecule has 0 spiro atoms. The molecule has 1 fully saturated rings. The molecular formula is C27H43N7O3. The molecule has 1 atom stereocenters. The molecule has 1 aliphatic rings. The van der Waals surface area contributed by atoms with Crippen molar-refractivity contribution in [1.29, 1.82) is 0 Å². The van der Waals surface area contributed by atoms with Crippen LogP contribution in [0.4, 0.5) is 0 Å². The Morgan fingerprint density at radius 2 is 2.00 bits per heavy atom. The number of aromatic nitrogens is 5. The Hall–Kier alpha value is -3.24. The van der Waals surface area contributed by atoms with Gasteiger partial charge in [-0.25, -0.2) is 9.97 Å². The average molecular weight is 514 g/mol. The average Bonchev–Trinajstić information content (AvgIpc) is 3.61. The molecule has 37 heavy (non-hydrogen) atoms. The fourth-order valence-electron chi connectivity index (χ4n) is 3.40. The topological polar surface area (TPSA) is 121 Å². The first kappa shape index (κ1) is 30.0. The molecule has 1 unspecified atom stereocenters. The molecule has 0 bridgehead atoms. The van der Waals surface area contributed by atoms with E-state index in [0.29, 0.717) is 25.2 Å². The maximum absolute atomic E-state index is 12.8. The van der Waals surface area contributed by atoms with Gasteiger partial charge in [0.05, 0.1) is 30.7 Å². The van der Waals surface area contributed by atoms with Gasteiger partial charge >= 0.3 is 0 Å². The van der Waals surface area contributed by atoms with Crippen molar-refractivity contribution in [3.8, 4) is 11.3 Å². The summed E-state index contributed by atoms with van der Waals surface area (Å²) in [6.07, 6.45) is 14.7. The van der Waals surface area contributed by atoms with E-state index >= 15 is 0 Å². The molecule has 10 heteroatoms. The van der Waals surface area contributed by atoms with Crippen molar-refractivity contribution in [3.63, 3.8) is 0 Å². The standard InChI is InChI=1S/C22H31N7O2.C3H6.C2H6O/c1-5-8-29(9-7-15(3)30)20(31)13-23-18(6-2)17-11-24-22-21(17)27-19(12-25-22)16-10-26-28(4)14-16;1-2-3-1;1-3-2/h6,10-12,14-15,23,30H,5,7-9,13H2,1-4H3,(H,24,25);1-3H2;1-2H3. The summed E-state index contributed by atoms with van der Waals surface area (Å²) in [7, 11) is 5.11. The van der Waals surface area contributed by atoms with Crippen molar-refractivity contribution < 1.29 is 14.6 Å². The fraction of sp³-hybridized carbons (Fsp3) is 0.556. The smallest absolute Gasteiger partial charge is 0.241 e. The maximum atomic E-state index is 12.8. The summed E-state index contributed by atoms with van der Waals surface area (Å²) in [6, 6.07) is 0. The van der Waals surface area contributed by atoms with Crippen molar-refractivity contribution in [3.05, 3.63) is 36.4 Å². The SMILES string of the molecule is C1CC1.CC=C(NCC(=O)N(CCC)CCC(C)O)c1c[nH]c2ncc(-c3cnn(C)c3)nc12.COC. The first-order valence-corrected chi connectivity index (χ1v) is 12.9. The van der Waals surface area contributed by atoms with Gasteiger partial charge in [0, 0.05) is 63.6 Å². The number of nitrogens with one attached hydrogen (secondary N) is 2. The Kier molecular flexibility index (Phi) is 12.8. The Morgan fingerprint density at radius 1 is 1.30 bits per heavy atom. The summed E-state index contributed by atoms with van der Waals surface area (Å²) in [5.41, 5.74) is 4.70. The Labute approximate surface area is 220 Å². The van der Waals surface area contributed by atoms with Crippen LogP contribution in [-0.2, 0) is 16.6 Å². The van der Waals surface area contributed by atoms with Crippen molar-refractivity contribution in [2.75, 3.05) is 33.9 Å². The highest BCUT2D eigenvalue weighted by Crippen LogP contribution is 2.24. The summed E-state index contributed by atoms with van der Waals surface area (Å²) in [5.74, 6) is 0.00354. The van der Waals surface area contributed by atoms with Gasteiger partial charge in [0.1, 0.15) is 5.52 Å². The monoisotopic (exact) mass is 513 g/mol. The quantitative estimate of drug-likeness (QED) is 0.377. The molecule has 1 amide bonds. The molecule has 3 N–H and O–H groups in total. The zero-order valence-electron chi connectivity index (χ0n) is 23.1. The van der Waals surface area contributed by atoms with Crippen molar-refractivity contribution in [1.82, 2.24) is 34.9 Å². The van der Waals surface area contributed by atoms with Gasteiger partial charge in [-0.1, -0.05) is 32.3 Å². The Bertz CT molecular complexity index is 1120. The second kappa shape index (κ2) is 15.8. The molecule has 4 rings (SSSR count). The molecule has 0 aliphatic heterocycles. The number of H-pyrrole nitrogens is 1. The molecule has 3 aromatic heterocycles. The van der Waals surface area contributed by atoms with E-state index in [1.54, 1.807) is 43.1 Å². The number of aryl methyl sites for hydroxylation is 1. The summed E-state index contributed by atoms with van der Waals surface area (Å²) in [6.45, 7) is 7.08. The number of amides is 1. The number of aromatic amines is 1. The number of carbonyl (C=O) groups excluding carboxylic acids is 1. The summed E-state index contributed by atoms with van der Waals surface area (Å²) >= 11 is 0. The minimum Gasteiger partial charge on any atom is -0.393 e. The number of hydrogen-bond acceptors (Lipinski definition) is 7. The molecule has 3 heterocycles. The third-order valence-electron chi connectivity index (χ3n) is 5.41. The van der Waals surface area contributed by atoms with Gasteiger partial charge in [-0.05, 0) is 26.7 Å². The molecular weight excluding hydrogens is 470 g/mol. The molecule has 1 saturated carbocycles. The fourth-order valence-corrected chi connectivity index (χ4v) is 3.40. The van der Waals surface area contributed by atoms with Gasteiger partial charge in [-0.15, -0.1) is 0 Å². The lowest BCUT2D eigenvalue weighted by Crippen LogP contribution is -2.39. The van der Waals surface area contributed by atoms with Crippen LogP contribution in [0.2, 0.25) is 0 Å². The highest BCUT2D eigenvalue weighted by atomic mass is 16.4. The number of ether oxygens (including phenoxy) is 1. The van der Waals surface area contributed by atoms with Crippen LogP contribution in [0.1, 0.15) is 58.4 Å². The second-order valence-corrected chi connectivity index (χ2v) is 9.10. The molecule has 0 saturated heterocycles. The normalized spacial score (nSPS) is 13.2. The molecule has 0 radical (unpaired) electrons. The first-order valence-electron chi connectivity index (χ1n) is 12.9. The van der Waals surface area contributed by atoms with E-state index < -0.39 is 6.10 Å². The predicted molar refractivity (Wildman–Crippen MR) is 148 cm³/mol. The Balaban J connectivity index is 0.000000715. The van der Waals surface area contributed by atoms with Crippen LogP contribution >= 0.6 is 0 Å². The highest BCUT2D eigenvalue weighted by Gasteiger charge is 2.16. The van der Waals surface area contributed by atoms with Gasteiger partial charge in [0.25, 0.3) is 0 Å². The first-order chi connectivity index (χ1) is 17.8. The number of allylic oxidation sites excluding steroid dienone is 1. The van der Waals surface area contributed by atoms with Crippen LogP contribution in [0.3, 0.4) is 0 Å². The van der Waals surface area contributed by atoms with Crippen LogP contribution in [0, 0.1) is 0 Å². The van der Waals surface area contributed by atoms with Gasteiger partial charge in [0.2, 0.25) is 5.91 Å². The number of rotatable bonds is 10. The number of aliphatic hydroxyl groups is 1. The summed E-state index contributed by atoms with van der Waals surface area (Å²) in [5, 5.41) is 17.0. The van der Waals surface area contributed by atoms with E-state index in [-0.39, 0.29) is 12.5 Å². The minimum atomic E-state index is -0.426. The number of methoxy groups -OCH3 is 1. The Morgan fingerprint density at radius 3 is 2.54 bits per heavy atom. The number of fused-ring (bicyclic) bond motifs is 1. The number of aliphatic hydroxyl groups excluding tert-OH is 1. The molecule has 3 aromatic rings. The van der Waals surface area contributed by atoms with E-state index in [1.807, 2.05) is 39.4 Å². The van der Waals surface area contributed by atoms with Gasteiger partial charge < -0.3 is 25.0 Å². The molecule has 10 nitrogen and oxygen atoms in total. The lowest BCUT2D eigenvalue weighted by atomic mass is 10.2. The number of hydrogen-bond donors (Lipinski definition) is 3. The zero-order valence-corrected chi connectivity index (χ0v) is 23.1. The minimum absolute atomic E-state index is 0.00354. The maximum Gasteiger partial charge on any atom is 0.241 e. The van der Waals surface area contributed by atoms with E-state index in [0.717, 1.165) is 34.5 Å². The van der Waals surface area contributed by atoms with Gasteiger partial charge in [0.15, 0.2) is 5.65 Å². The highest BCUT2D eigenvalue weighted by molar-refractivity contribution is 5.89. The van der Waals surface area contributed by atoms with Crippen molar-refractivity contribution in [2.24, 2.45) is 7.05 Å². The lowest BCUT2D eigenvalue weighted by Gasteiger charge is -2.23. The zero-order chi connectivity index (χ0) is 27.2. The van der Waals surface area contributed by atoms with E-state index in [1.165, 1.54) is 19.3 Å². The van der Waals surface area contributed by atoms with Crippen LogP contribution < -0.4 is 5.32 Å². The van der Waals surface area contributed by atoms with Crippen LogP contribution in [0.25, 0.3) is 28.1 Å². The van der Waals surface area contributed by atoms with Gasteiger partial charge in [-0.3, -0.25) is 9.48 Å². The third-order valence-corrected chi connectivity index (χ3v) is 5.41. The van der Waals surface area contributed by atoms with Crippen molar-refractivity contribution in [2.45, 2.75) is 59.0 Å². The number of nitrogens with zero attached hydrogens (tertiary/aromatic N) is 5. The largest absolute Gasteiger partial charge is 0.393 e. The second-order valence-electron chi connectivity index (χ2n) is 9.10. The van der Waals surface area contributed by atoms with Crippen LogP contribution in [-0.4, -0.2) is 80.6 Å². The van der Waals surface area contributed by atoms with E-state index in [2.05, 4.69) is 25.1 Å². The van der Waals surface area contributed by atoms with Crippen molar-refractivity contribution >= 4 is 22.8 Å². The van der Waals surface area contributed by atoms with Crippen LogP contribution in [0.15, 0.2) is 30.9 Å². The lowest BCUT2D eigenvalue weighted by molar-refractivity contribution is -0.130. The molecule has 204 valence electrons. The van der Waals surface area contributed by atoms with Crippen LogP contribution in [0.5, 0.6) is 0 Å². The third kappa shape index (κ3) is 9.97. The summed E-state index contributed by atoms with van der Waals surface area (Å²) in [4.78, 5) is 27.0. The van der Waals surface area contributed by atoms with E-state index in [9.17, 15) is 9.90 Å². The number of carbonyl (C=O) groups is 1. The van der Waals surface area contributed by atoms with Gasteiger partial charge in [-0.2, -0.15) is 5.10 Å².